The van der Waals surface area contributed by atoms with Crippen molar-refractivity contribution in [2.45, 2.75) is 52.2 Å². The second-order valence-electron chi connectivity index (χ2n) is 10.7. The van der Waals surface area contributed by atoms with Crippen LogP contribution in [0.1, 0.15) is 50.2 Å². The van der Waals surface area contributed by atoms with E-state index in [2.05, 4.69) is 41.4 Å². The number of hydrogen-bond acceptors (Lipinski definition) is 5. The van der Waals surface area contributed by atoms with Gasteiger partial charge in [-0.2, -0.15) is 0 Å². The molecule has 1 aliphatic heterocycles. The highest BCUT2D eigenvalue weighted by Gasteiger charge is 2.35. The highest BCUT2D eigenvalue weighted by atomic mass is 16.6. The van der Waals surface area contributed by atoms with Crippen molar-refractivity contribution >= 4 is 23.4 Å². The Bertz CT molecular complexity index is 1170. The first-order valence-corrected chi connectivity index (χ1v) is 12.9. The number of hydrogen-bond donors (Lipinski definition) is 1. The molecule has 1 aromatic heterocycles. The monoisotopic (exact) mass is 503 g/mol. The molecule has 196 valence electrons. The van der Waals surface area contributed by atoms with Crippen molar-refractivity contribution in [1.82, 2.24) is 4.90 Å². The van der Waals surface area contributed by atoms with E-state index in [-0.39, 0.29) is 17.9 Å². The predicted molar refractivity (Wildman–Crippen MR) is 146 cm³/mol. The molecule has 4 rings (SSSR count). The summed E-state index contributed by atoms with van der Waals surface area (Å²) in [6.45, 7) is 10.4. The SMILES string of the molecule is C[C@@H]1CN(CCc2ccccc2)CC[C@@H]1N(C(=O)c1ccco1)c1cccc(NC(=O)OC(C)(C)C)c1. The van der Waals surface area contributed by atoms with E-state index in [4.69, 9.17) is 9.15 Å². The van der Waals surface area contributed by atoms with E-state index in [0.29, 0.717) is 17.1 Å². The third-order valence-electron chi connectivity index (χ3n) is 6.56. The van der Waals surface area contributed by atoms with E-state index in [1.54, 1.807) is 18.2 Å². The van der Waals surface area contributed by atoms with Crippen molar-refractivity contribution in [1.29, 1.82) is 0 Å². The number of nitrogens with zero attached hydrogens (tertiary/aromatic N) is 2. The normalized spacial score (nSPS) is 18.3. The Labute approximate surface area is 219 Å². The summed E-state index contributed by atoms with van der Waals surface area (Å²) >= 11 is 0. The maximum absolute atomic E-state index is 13.7. The van der Waals surface area contributed by atoms with Crippen LogP contribution < -0.4 is 10.2 Å². The van der Waals surface area contributed by atoms with Gasteiger partial charge in [0.2, 0.25) is 0 Å². The minimum absolute atomic E-state index is 0.0117. The van der Waals surface area contributed by atoms with Gasteiger partial charge in [0.05, 0.1) is 6.26 Å². The lowest BCUT2D eigenvalue weighted by Gasteiger charge is -2.42. The summed E-state index contributed by atoms with van der Waals surface area (Å²) in [7, 11) is 0. The van der Waals surface area contributed by atoms with Crippen LogP contribution >= 0.6 is 0 Å². The predicted octanol–water partition coefficient (Wildman–Crippen LogP) is 6.23. The number of benzene rings is 2. The third kappa shape index (κ3) is 7.23. The van der Waals surface area contributed by atoms with Crippen molar-refractivity contribution in [3.63, 3.8) is 0 Å². The summed E-state index contributed by atoms with van der Waals surface area (Å²) in [5, 5.41) is 2.79. The maximum Gasteiger partial charge on any atom is 0.412 e. The molecule has 0 saturated carbocycles. The Morgan fingerprint density at radius 2 is 1.86 bits per heavy atom. The van der Waals surface area contributed by atoms with Gasteiger partial charge in [0.1, 0.15) is 5.60 Å². The number of carbonyl (C=O) groups is 2. The number of amides is 2. The second-order valence-corrected chi connectivity index (χ2v) is 10.7. The average molecular weight is 504 g/mol. The summed E-state index contributed by atoms with van der Waals surface area (Å²) in [5.74, 6) is 0.351. The number of ether oxygens (including phenoxy) is 1. The van der Waals surface area contributed by atoms with Crippen LogP contribution in [0, 0.1) is 5.92 Å². The number of rotatable bonds is 7. The molecule has 7 heteroatoms. The molecule has 7 nitrogen and oxygen atoms in total. The van der Waals surface area contributed by atoms with Crippen LogP contribution in [0.15, 0.2) is 77.4 Å². The molecule has 0 unspecified atom stereocenters. The van der Waals surface area contributed by atoms with Gasteiger partial charge >= 0.3 is 6.09 Å². The molecule has 2 amide bonds. The van der Waals surface area contributed by atoms with Crippen LogP contribution in [0.25, 0.3) is 0 Å². The van der Waals surface area contributed by atoms with Crippen molar-refractivity contribution in [3.05, 3.63) is 84.3 Å². The van der Waals surface area contributed by atoms with E-state index < -0.39 is 11.7 Å². The van der Waals surface area contributed by atoms with Gasteiger partial charge in [0, 0.05) is 37.1 Å². The molecular formula is C30H37N3O4. The van der Waals surface area contributed by atoms with Gasteiger partial charge < -0.3 is 19.0 Å². The quantitative estimate of drug-likeness (QED) is 0.414. The van der Waals surface area contributed by atoms with Gasteiger partial charge in [-0.1, -0.05) is 43.3 Å². The number of anilines is 2. The van der Waals surface area contributed by atoms with E-state index in [0.717, 1.165) is 32.5 Å². The third-order valence-corrected chi connectivity index (χ3v) is 6.56. The summed E-state index contributed by atoms with van der Waals surface area (Å²) < 4.78 is 10.9. The van der Waals surface area contributed by atoms with Crippen LogP contribution in [-0.4, -0.2) is 48.2 Å². The maximum atomic E-state index is 13.7. The fourth-order valence-corrected chi connectivity index (χ4v) is 4.87. The number of nitrogens with one attached hydrogen (secondary N) is 1. The van der Waals surface area contributed by atoms with Crippen LogP contribution in [0.2, 0.25) is 0 Å². The summed E-state index contributed by atoms with van der Waals surface area (Å²) in [5.41, 5.74) is 2.01. The zero-order chi connectivity index (χ0) is 26.4. The van der Waals surface area contributed by atoms with Crippen molar-refractivity contribution < 1.29 is 18.7 Å². The molecule has 37 heavy (non-hydrogen) atoms. The van der Waals surface area contributed by atoms with Gasteiger partial charge in [0.25, 0.3) is 5.91 Å². The number of piperidine rings is 1. The molecule has 1 N–H and O–H groups in total. The average Bonchev–Trinajstić information content (AvgIpc) is 3.39. The Morgan fingerprint density at radius 1 is 1.08 bits per heavy atom. The number of furan rings is 1. The standard InChI is InChI=1S/C30H37N3O4/c1-22-21-32(17-15-23-10-6-5-7-11-23)18-16-26(22)33(28(34)27-14-9-19-36-27)25-13-8-12-24(20-25)31-29(35)37-30(2,3)4/h5-14,19-20,22,26H,15-18,21H2,1-4H3,(H,31,35)/t22-,26+/m1/s1. The van der Waals surface area contributed by atoms with Gasteiger partial charge in [-0.25, -0.2) is 4.79 Å². The Hall–Kier alpha value is -3.58. The molecule has 0 spiro atoms. The summed E-state index contributed by atoms with van der Waals surface area (Å²) in [6.07, 6.45) is 2.83. The Balaban J connectivity index is 1.51. The molecule has 2 heterocycles. The highest BCUT2D eigenvalue weighted by molar-refractivity contribution is 6.05. The Morgan fingerprint density at radius 3 is 2.54 bits per heavy atom. The van der Waals surface area contributed by atoms with Gasteiger partial charge in [-0.3, -0.25) is 10.1 Å². The largest absolute Gasteiger partial charge is 0.459 e. The first-order chi connectivity index (χ1) is 17.7. The summed E-state index contributed by atoms with van der Waals surface area (Å²) in [4.78, 5) is 30.3. The minimum atomic E-state index is -0.604. The van der Waals surface area contributed by atoms with Gasteiger partial charge in [-0.15, -0.1) is 0 Å². The highest BCUT2D eigenvalue weighted by Crippen LogP contribution is 2.31. The first kappa shape index (κ1) is 26.5. The van der Waals surface area contributed by atoms with Gasteiger partial charge in [-0.05, 0) is 75.4 Å². The first-order valence-electron chi connectivity index (χ1n) is 12.9. The van der Waals surface area contributed by atoms with Crippen molar-refractivity contribution in [2.24, 2.45) is 5.92 Å². The van der Waals surface area contributed by atoms with E-state index in [9.17, 15) is 9.59 Å². The van der Waals surface area contributed by atoms with Gasteiger partial charge in [0.15, 0.2) is 5.76 Å². The lowest BCUT2D eigenvalue weighted by molar-refractivity contribution is 0.0635. The minimum Gasteiger partial charge on any atom is -0.459 e. The second kappa shape index (κ2) is 11.6. The molecule has 0 bridgehead atoms. The number of likely N-dealkylation sites (tertiary alicyclic amines) is 1. The zero-order valence-corrected chi connectivity index (χ0v) is 22.1. The molecule has 3 aromatic rings. The molecule has 0 radical (unpaired) electrons. The molecule has 2 aromatic carbocycles. The van der Waals surface area contributed by atoms with Crippen LogP contribution in [0.5, 0.6) is 0 Å². The molecule has 1 saturated heterocycles. The van der Waals surface area contributed by atoms with Crippen LogP contribution in [0.3, 0.4) is 0 Å². The molecule has 2 atom stereocenters. The Kier molecular flexibility index (Phi) is 8.34. The van der Waals surface area contributed by atoms with Crippen molar-refractivity contribution in [2.75, 3.05) is 29.9 Å². The van der Waals surface area contributed by atoms with Crippen molar-refractivity contribution in [3.8, 4) is 0 Å². The topological polar surface area (TPSA) is 75.0 Å². The number of carbonyl (C=O) groups excluding carboxylic acids is 2. The molecule has 1 aliphatic rings. The van der Waals surface area contributed by atoms with E-state index in [1.807, 2.05) is 49.9 Å². The van der Waals surface area contributed by atoms with E-state index in [1.165, 1.54) is 11.8 Å². The lowest BCUT2D eigenvalue weighted by atomic mass is 9.91. The molecular weight excluding hydrogens is 466 g/mol. The summed E-state index contributed by atoms with van der Waals surface area (Å²) in [6, 6.07) is 21.3. The van der Waals surface area contributed by atoms with E-state index >= 15 is 0 Å². The smallest absolute Gasteiger partial charge is 0.412 e. The molecule has 1 fully saturated rings. The van der Waals surface area contributed by atoms with Crippen LogP contribution in [-0.2, 0) is 11.2 Å². The zero-order valence-electron chi connectivity index (χ0n) is 22.1. The lowest BCUT2D eigenvalue weighted by Crippen LogP contribution is -2.52. The van der Waals surface area contributed by atoms with Crippen LogP contribution in [0.4, 0.5) is 16.2 Å². The fraction of sp³-hybridized carbons (Fsp3) is 0.400. The fourth-order valence-electron chi connectivity index (χ4n) is 4.87. The molecule has 0 aliphatic carbocycles.